The molecule has 2 rings (SSSR count). The van der Waals surface area contributed by atoms with Crippen molar-refractivity contribution in [2.24, 2.45) is 17.6 Å². The summed E-state index contributed by atoms with van der Waals surface area (Å²) in [4.78, 5) is 16.9. The highest BCUT2D eigenvalue weighted by Gasteiger charge is 2.36. The Morgan fingerprint density at radius 1 is 1.22 bits per heavy atom. The molecule has 104 valence electrons. The van der Waals surface area contributed by atoms with Crippen LogP contribution in [0.5, 0.6) is 0 Å². The van der Waals surface area contributed by atoms with E-state index in [0.717, 1.165) is 32.5 Å². The number of hydrogen-bond donors (Lipinski definition) is 1. The minimum Gasteiger partial charge on any atom is -0.340 e. The Balaban J connectivity index is 1.98. The number of nitrogens with two attached hydrogens (primary N) is 1. The summed E-state index contributed by atoms with van der Waals surface area (Å²) < 4.78 is 0. The van der Waals surface area contributed by atoms with Gasteiger partial charge in [0.05, 0.1) is 5.92 Å². The van der Waals surface area contributed by atoms with Crippen LogP contribution in [0.1, 0.15) is 33.1 Å². The van der Waals surface area contributed by atoms with Gasteiger partial charge < -0.3 is 15.5 Å². The number of piperazine rings is 1. The van der Waals surface area contributed by atoms with E-state index in [1.807, 2.05) is 4.90 Å². The van der Waals surface area contributed by atoms with Gasteiger partial charge in [-0.15, -0.1) is 0 Å². The van der Waals surface area contributed by atoms with Crippen molar-refractivity contribution in [3.8, 4) is 0 Å². The lowest BCUT2D eigenvalue weighted by atomic mass is 9.77. The Kier molecular flexibility index (Phi) is 4.28. The summed E-state index contributed by atoms with van der Waals surface area (Å²) in [5, 5.41) is 0. The van der Waals surface area contributed by atoms with E-state index in [0.29, 0.717) is 17.9 Å². The normalized spacial score (nSPS) is 38.8. The maximum atomic E-state index is 12.6. The number of carbonyl (C=O) groups excluding carboxylic acids is 1. The number of amides is 1. The van der Waals surface area contributed by atoms with E-state index in [-0.39, 0.29) is 12.0 Å². The van der Waals surface area contributed by atoms with Crippen molar-refractivity contribution >= 4 is 5.91 Å². The van der Waals surface area contributed by atoms with Gasteiger partial charge in [-0.25, -0.2) is 0 Å². The average Bonchev–Trinajstić information content (AvgIpc) is 2.35. The molecule has 18 heavy (non-hydrogen) atoms. The van der Waals surface area contributed by atoms with E-state index in [1.165, 1.54) is 6.42 Å². The molecule has 1 saturated carbocycles. The molecule has 0 aromatic heterocycles. The van der Waals surface area contributed by atoms with Crippen molar-refractivity contribution < 1.29 is 4.79 Å². The third kappa shape index (κ3) is 2.69. The number of likely N-dealkylation sites (N-methyl/N-ethyl adjacent to an activating group) is 1. The molecule has 4 atom stereocenters. The standard InChI is InChI=1S/C14H27N3O/c1-10-5-4-6-12(13(10)15)14(18)17-8-7-16(3)11(2)9-17/h10-13H,4-9,15H2,1-3H3. The summed E-state index contributed by atoms with van der Waals surface area (Å²) in [6.45, 7) is 7.05. The molecule has 1 saturated heterocycles. The molecule has 0 bridgehead atoms. The van der Waals surface area contributed by atoms with Crippen LogP contribution in [0.15, 0.2) is 0 Å². The van der Waals surface area contributed by atoms with Gasteiger partial charge in [0.25, 0.3) is 0 Å². The quantitative estimate of drug-likeness (QED) is 0.756. The van der Waals surface area contributed by atoms with Crippen LogP contribution in [0.3, 0.4) is 0 Å². The molecule has 1 amide bonds. The molecule has 1 aliphatic carbocycles. The van der Waals surface area contributed by atoms with Gasteiger partial charge in [0.1, 0.15) is 0 Å². The molecule has 1 heterocycles. The molecule has 2 fully saturated rings. The van der Waals surface area contributed by atoms with E-state index in [1.54, 1.807) is 0 Å². The zero-order valence-electron chi connectivity index (χ0n) is 11.9. The van der Waals surface area contributed by atoms with Crippen molar-refractivity contribution in [1.29, 1.82) is 0 Å². The number of hydrogen-bond acceptors (Lipinski definition) is 3. The predicted molar refractivity (Wildman–Crippen MR) is 73.2 cm³/mol. The van der Waals surface area contributed by atoms with Gasteiger partial charge in [0, 0.05) is 31.7 Å². The Morgan fingerprint density at radius 3 is 2.61 bits per heavy atom. The molecular weight excluding hydrogens is 226 g/mol. The Labute approximate surface area is 110 Å². The van der Waals surface area contributed by atoms with Gasteiger partial charge in [-0.3, -0.25) is 4.79 Å². The zero-order valence-corrected chi connectivity index (χ0v) is 11.9. The van der Waals surface area contributed by atoms with Crippen molar-refractivity contribution in [3.63, 3.8) is 0 Å². The fraction of sp³-hybridized carbons (Fsp3) is 0.929. The molecule has 0 aromatic carbocycles. The van der Waals surface area contributed by atoms with Crippen LogP contribution >= 0.6 is 0 Å². The molecule has 0 radical (unpaired) electrons. The largest absolute Gasteiger partial charge is 0.340 e. The Hall–Kier alpha value is -0.610. The minimum atomic E-state index is 0.0567. The van der Waals surface area contributed by atoms with E-state index in [4.69, 9.17) is 5.73 Å². The molecule has 2 N–H and O–H groups in total. The van der Waals surface area contributed by atoms with Gasteiger partial charge in [0.15, 0.2) is 0 Å². The van der Waals surface area contributed by atoms with Crippen LogP contribution < -0.4 is 5.73 Å². The Bertz CT molecular complexity index is 307. The van der Waals surface area contributed by atoms with Crippen LogP contribution in [0.2, 0.25) is 0 Å². The third-order valence-corrected chi connectivity index (χ3v) is 4.88. The fourth-order valence-corrected chi connectivity index (χ4v) is 3.21. The summed E-state index contributed by atoms with van der Waals surface area (Å²) in [5.74, 6) is 0.843. The van der Waals surface area contributed by atoms with Crippen LogP contribution in [0, 0.1) is 11.8 Å². The minimum absolute atomic E-state index is 0.0567. The van der Waals surface area contributed by atoms with E-state index >= 15 is 0 Å². The first-order chi connectivity index (χ1) is 8.50. The highest BCUT2D eigenvalue weighted by Crippen LogP contribution is 2.29. The van der Waals surface area contributed by atoms with Crippen LogP contribution in [-0.4, -0.2) is 54.5 Å². The second kappa shape index (κ2) is 5.57. The Morgan fingerprint density at radius 2 is 1.94 bits per heavy atom. The second-order valence-corrected chi connectivity index (χ2v) is 6.21. The van der Waals surface area contributed by atoms with Gasteiger partial charge in [-0.05, 0) is 32.7 Å². The summed E-state index contributed by atoms with van der Waals surface area (Å²) in [5.41, 5.74) is 6.23. The number of carbonyl (C=O) groups is 1. The average molecular weight is 253 g/mol. The molecular formula is C14H27N3O. The van der Waals surface area contributed by atoms with Gasteiger partial charge in [0.2, 0.25) is 5.91 Å². The smallest absolute Gasteiger partial charge is 0.227 e. The maximum Gasteiger partial charge on any atom is 0.227 e. The first kappa shape index (κ1) is 13.8. The van der Waals surface area contributed by atoms with E-state index < -0.39 is 0 Å². The summed E-state index contributed by atoms with van der Waals surface area (Å²) >= 11 is 0. The highest BCUT2D eigenvalue weighted by atomic mass is 16.2. The van der Waals surface area contributed by atoms with Crippen LogP contribution in [0.4, 0.5) is 0 Å². The molecule has 4 nitrogen and oxygen atoms in total. The van der Waals surface area contributed by atoms with Crippen molar-refractivity contribution in [1.82, 2.24) is 9.80 Å². The van der Waals surface area contributed by atoms with Gasteiger partial charge in [-0.1, -0.05) is 13.3 Å². The first-order valence-electron chi connectivity index (χ1n) is 7.25. The van der Waals surface area contributed by atoms with Gasteiger partial charge >= 0.3 is 0 Å². The molecule has 0 spiro atoms. The number of nitrogens with zero attached hydrogens (tertiary/aromatic N) is 2. The molecule has 2 aliphatic rings. The summed E-state index contributed by atoms with van der Waals surface area (Å²) in [7, 11) is 2.13. The third-order valence-electron chi connectivity index (χ3n) is 4.88. The number of rotatable bonds is 1. The molecule has 0 aromatic rings. The summed E-state index contributed by atoms with van der Waals surface area (Å²) in [6, 6.07) is 0.515. The van der Waals surface area contributed by atoms with E-state index in [2.05, 4.69) is 25.8 Å². The van der Waals surface area contributed by atoms with Crippen molar-refractivity contribution in [2.45, 2.75) is 45.2 Å². The first-order valence-corrected chi connectivity index (χ1v) is 7.25. The van der Waals surface area contributed by atoms with Gasteiger partial charge in [-0.2, -0.15) is 0 Å². The van der Waals surface area contributed by atoms with Crippen LogP contribution in [-0.2, 0) is 4.79 Å². The molecule has 1 aliphatic heterocycles. The monoisotopic (exact) mass is 253 g/mol. The highest BCUT2D eigenvalue weighted by molar-refractivity contribution is 5.80. The SMILES string of the molecule is CC1CCCC(C(=O)N2CCN(C)C(C)C2)C1N. The zero-order chi connectivity index (χ0) is 13.3. The lowest BCUT2D eigenvalue weighted by molar-refractivity contribution is -0.140. The van der Waals surface area contributed by atoms with E-state index in [9.17, 15) is 4.79 Å². The van der Waals surface area contributed by atoms with Crippen molar-refractivity contribution in [2.75, 3.05) is 26.7 Å². The second-order valence-electron chi connectivity index (χ2n) is 6.21. The van der Waals surface area contributed by atoms with Crippen LogP contribution in [0.25, 0.3) is 0 Å². The molecule has 4 heteroatoms. The predicted octanol–water partition coefficient (Wildman–Crippen LogP) is 0.912. The molecule has 4 unspecified atom stereocenters. The lowest BCUT2D eigenvalue weighted by Crippen LogP contribution is -2.56. The van der Waals surface area contributed by atoms with Crippen molar-refractivity contribution in [3.05, 3.63) is 0 Å². The maximum absolute atomic E-state index is 12.6. The fourth-order valence-electron chi connectivity index (χ4n) is 3.21. The summed E-state index contributed by atoms with van der Waals surface area (Å²) in [6.07, 6.45) is 3.30. The lowest BCUT2D eigenvalue weighted by Gasteiger charge is -2.41. The topological polar surface area (TPSA) is 49.6 Å².